The molecule has 7 nitrogen and oxygen atoms in total. The van der Waals surface area contributed by atoms with E-state index in [1.54, 1.807) is 13.3 Å². The van der Waals surface area contributed by atoms with E-state index < -0.39 is 0 Å². The summed E-state index contributed by atoms with van der Waals surface area (Å²) in [6.07, 6.45) is 4.12. The van der Waals surface area contributed by atoms with Crippen LogP contribution >= 0.6 is 12.2 Å². The van der Waals surface area contributed by atoms with Gasteiger partial charge >= 0.3 is 0 Å². The SMILES string of the molecule is COc1ccc(-n2cccc2[C@@H]2[C@@H](c3ccccn3)NC(=S)N2CCC(=O)Nc2ccc(C)cc2)cc1. The minimum Gasteiger partial charge on any atom is -0.497 e. The van der Waals surface area contributed by atoms with Crippen molar-refractivity contribution in [2.45, 2.75) is 25.4 Å². The fourth-order valence-electron chi connectivity index (χ4n) is 4.66. The highest BCUT2D eigenvalue weighted by molar-refractivity contribution is 7.80. The predicted octanol–water partition coefficient (Wildman–Crippen LogP) is 5.19. The minimum atomic E-state index is -0.166. The number of ether oxygens (including phenoxy) is 1. The summed E-state index contributed by atoms with van der Waals surface area (Å²) in [6.45, 7) is 2.48. The quantitative estimate of drug-likeness (QED) is 0.317. The Morgan fingerprint density at radius 3 is 2.54 bits per heavy atom. The molecule has 2 atom stereocenters. The number of aryl methyl sites for hydroxylation is 1. The number of benzene rings is 2. The molecular formula is C29H29N5O2S. The van der Waals surface area contributed by atoms with E-state index in [0.717, 1.165) is 34.1 Å². The first-order chi connectivity index (χ1) is 18.0. The summed E-state index contributed by atoms with van der Waals surface area (Å²) in [5, 5.41) is 7.06. The molecule has 1 fully saturated rings. The average molecular weight is 512 g/mol. The predicted molar refractivity (Wildman–Crippen MR) is 149 cm³/mol. The van der Waals surface area contributed by atoms with Gasteiger partial charge in [-0.25, -0.2) is 0 Å². The molecule has 5 rings (SSSR count). The van der Waals surface area contributed by atoms with Gasteiger partial charge in [0.2, 0.25) is 5.91 Å². The van der Waals surface area contributed by atoms with Gasteiger partial charge in [0.1, 0.15) is 5.75 Å². The number of hydrogen-bond acceptors (Lipinski definition) is 4. The van der Waals surface area contributed by atoms with E-state index in [0.29, 0.717) is 18.1 Å². The lowest BCUT2D eigenvalue weighted by atomic mass is 10.0. The Morgan fingerprint density at radius 1 is 1.05 bits per heavy atom. The summed E-state index contributed by atoms with van der Waals surface area (Å²) in [5.41, 5.74) is 4.88. The maximum absolute atomic E-state index is 12.8. The Bertz CT molecular complexity index is 1370. The van der Waals surface area contributed by atoms with Crippen LogP contribution in [0.3, 0.4) is 0 Å². The number of rotatable bonds is 8. The maximum Gasteiger partial charge on any atom is 0.226 e. The van der Waals surface area contributed by atoms with Crippen LogP contribution in [-0.4, -0.2) is 39.1 Å². The number of carbonyl (C=O) groups excluding carboxylic acids is 1. The average Bonchev–Trinajstić information content (AvgIpc) is 3.53. The van der Waals surface area contributed by atoms with Crippen molar-refractivity contribution in [1.29, 1.82) is 0 Å². The van der Waals surface area contributed by atoms with Crippen molar-refractivity contribution in [3.05, 3.63) is 108 Å². The molecule has 1 aliphatic heterocycles. The van der Waals surface area contributed by atoms with Crippen LogP contribution in [0.4, 0.5) is 5.69 Å². The number of amides is 1. The van der Waals surface area contributed by atoms with Gasteiger partial charge in [0.05, 0.1) is 24.9 Å². The number of nitrogens with zero attached hydrogens (tertiary/aromatic N) is 3. The lowest BCUT2D eigenvalue weighted by Crippen LogP contribution is -2.33. The molecule has 37 heavy (non-hydrogen) atoms. The molecule has 1 aliphatic rings. The monoisotopic (exact) mass is 511 g/mol. The molecule has 0 unspecified atom stereocenters. The van der Waals surface area contributed by atoms with E-state index in [1.165, 1.54) is 0 Å². The Hall–Kier alpha value is -4.17. The number of methoxy groups -OCH3 is 1. The van der Waals surface area contributed by atoms with Gasteiger partial charge in [0.25, 0.3) is 0 Å². The topological polar surface area (TPSA) is 71.4 Å². The van der Waals surface area contributed by atoms with Crippen molar-refractivity contribution >= 4 is 28.9 Å². The lowest BCUT2D eigenvalue weighted by Gasteiger charge is -2.29. The van der Waals surface area contributed by atoms with Crippen LogP contribution in [-0.2, 0) is 4.79 Å². The summed E-state index contributed by atoms with van der Waals surface area (Å²) in [6, 6.07) is 25.4. The lowest BCUT2D eigenvalue weighted by molar-refractivity contribution is -0.116. The number of thiocarbonyl (C=S) groups is 1. The largest absolute Gasteiger partial charge is 0.497 e. The smallest absolute Gasteiger partial charge is 0.226 e. The third-order valence-electron chi connectivity index (χ3n) is 6.55. The summed E-state index contributed by atoms with van der Waals surface area (Å²) >= 11 is 5.79. The Balaban J connectivity index is 1.43. The first kappa shape index (κ1) is 24.5. The highest BCUT2D eigenvalue weighted by Crippen LogP contribution is 2.39. The van der Waals surface area contributed by atoms with Gasteiger partial charge in [-0.3, -0.25) is 9.78 Å². The van der Waals surface area contributed by atoms with E-state index in [1.807, 2.05) is 85.9 Å². The number of hydrogen-bond donors (Lipinski definition) is 2. The Morgan fingerprint density at radius 2 is 1.84 bits per heavy atom. The van der Waals surface area contributed by atoms with Crippen LogP contribution < -0.4 is 15.4 Å². The second-order valence-electron chi connectivity index (χ2n) is 8.99. The molecule has 188 valence electrons. The molecule has 8 heteroatoms. The number of anilines is 1. The molecule has 3 heterocycles. The van der Waals surface area contributed by atoms with E-state index in [9.17, 15) is 4.79 Å². The molecule has 0 saturated carbocycles. The van der Waals surface area contributed by atoms with Crippen molar-refractivity contribution in [3.8, 4) is 11.4 Å². The number of pyridine rings is 1. The molecule has 2 aromatic heterocycles. The molecule has 0 aliphatic carbocycles. The number of aromatic nitrogens is 2. The molecule has 0 radical (unpaired) electrons. The van der Waals surface area contributed by atoms with Gasteiger partial charge in [0, 0.05) is 42.4 Å². The van der Waals surface area contributed by atoms with Gasteiger partial charge in [-0.15, -0.1) is 0 Å². The van der Waals surface area contributed by atoms with Gasteiger partial charge in [-0.1, -0.05) is 23.8 Å². The zero-order valence-corrected chi connectivity index (χ0v) is 21.6. The summed E-state index contributed by atoms with van der Waals surface area (Å²) in [4.78, 5) is 19.5. The van der Waals surface area contributed by atoms with E-state index in [2.05, 4.69) is 31.2 Å². The molecule has 2 N–H and O–H groups in total. The standard InChI is InChI=1S/C29H29N5O2S/c1-20-8-10-21(11-9-20)31-26(35)16-19-34-28(27(32-29(34)37)24-6-3-4-17-30-24)25-7-5-18-33(25)22-12-14-23(36-2)15-13-22/h3-15,17-18,27-28H,16,19H2,1-2H3,(H,31,35)(H,32,37)/t27-,28-/m1/s1. The van der Waals surface area contributed by atoms with Crippen LogP contribution in [0.25, 0.3) is 5.69 Å². The van der Waals surface area contributed by atoms with Crippen molar-refractivity contribution < 1.29 is 9.53 Å². The number of nitrogens with one attached hydrogen (secondary N) is 2. The Kier molecular flexibility index (Phi) is 7.18. The third kappa shape index (κ3) is 5.34. The van der Waals surface area contributed by atoms with Gasteiger partial charge in [-0.2, -0.15) is 0 Å². The van der Waals surface area contributed by atoms with Crippen LogP contribution in [0, 0.1) is 6.92 Å². The van der Waals surface area contributed by atoms with Crippen LogP contribution in [0.5, 0.6) is 5.75 Å². The Labute approximate surface area is 222 Å². The van der Waals surface area contributed by atoms with Crippen molar-refractivity contribution in [2.24, 2.45) is 0 Å². The first-order valence-corrected chi connectivity index (χ1v) is 12.6. The second kappa shape index (κ2) is 10.8. The van der Waals surface area contributed by atoms with Crippen LogP contribution in [0.2, 0.25) is 0 Å². The molecule has 0 spiro atoms. The van der Waals surface area contributed by atoms with Gasteiger partial charge < -0.3 is 24.8 Å². The van der Waals surface area contributed by atoms with Crippen LogP contribution in [0.15, 0.2) is 91.3 Å². The summed E-state index contributed by atoms with van der Waals surface area (Å²) in [7, 11) is 1.66. The van der Waals surface area contributed by atoms with Crippen LogP contribution in [0.1, 0.15) is 35.5 Å². The molecule has 1 saturated heterocycles. The highest BCUT2D eigenvalue weighted by atomic mass is 32.1. The van der Waals surface area contributed by atoms with Crippen molar-refractivity contribution in [3.63, 3.8) is 0 Å². The second-order valence-corrected chi connectivity index (χ2v) is 9.37. The molecule has 2 aromatic carbocycles. The normalized spacial score (nSPS) is 16.9. The third-order valence-corrected chi connectivity index (χ3v) is 6.90. The maximum atomic E-state index is 12.8. The molecule has 0 bridgehead atoms. The fraction of sp³-hybridized carbons (Fsp3) is 0.207. The fourth-order valence-corrected chi connectivity index (χ4v) is 5.00. The van der Waals surface area contributed by atoms with Gasteiger partial charge in [0.15, 0.2) is 5.11 Å². The number of carbonyl (C=O) groups is 1. The molecule has 4 aromatic rings. The molecule has 1 amide bonds. The minimum absolute atomic E-state index is 0.0581. The zero-order chi connectivity index (χ0) is 25.8. The van der Waals surface area contributed by atoms with E-state index in [4.69, 9.17) is 17.0 Å². The van der Waals surface area contributed by atoms with E-state index in [-0.39, 0.29) is 18.0 Å². The summed E-state index contributed by atoms with van der Waals surface area (Å²) < 4.78 is 7.48. The van der Waals surface area contributed by atoms with E-state index >= 15 is 0 Å². The molecular weight excluding hydrogens is 482 g/mol. The highest BCUT2D eigenvalue weighted by Gasteiger charge is 2.41. The summed E-state index contributed by atoms with van der Waals surface area (Å²) in [5.74, 6) is 0.742. The first-order valence-electron chi connectivity index (χ1n) is 12.2. The van der Waals surface area contributed by atoms with Gasteiger partial charge in [-0.05, 0) is 79.8 Å². The zero-order valence-electron chi connectivity index (χ0n) is 20.8. The van der Waals surface area contributed by atoms with Crippen molar-refractivity contribution in [1.82, 2.24) is 19.8 Å². The van der Waals surface area contributed by atoms with Crippen molar-refractivity contribution in [2.75, 3.05) is 19.0 Å².